The topological polar surface area (TPSA) is 52.6 Å². The number of piperazine rings is 1. The number of fused-ring (bicyclic) bond motifs is 1. The predicted molar refractivity (Wildman–Crippen MR) is 74.8 cm³/mol. The summed E-state index contributed by atoms with van der Waals surface area (Å²) in [5, 5.41) is 12.3. The van der Waals surface area contributed by atoms with E-state index >= 15 is 0 Å². The van der Waals surface area contributed by atoms with E-state index in [-0.39, 0.29) is 12.3 Å². The number of hydrogen-bond acceptors (Lipinski definition) is 3. The Labute approximate surface area is 113 Å². The number of anilines is 1. The number of aryl methyl sites for hydroxylation is 1. The summed E-state index contributed by atoms with van der Waals surface area (Å²) in [6, 6.07) is 6.57. The van der Waals surface area contributed by atoms with Gasteiger partial charge in [-0.3, -0.25) is 4.79 Å². The van der Waals surface area contributed by atoms with Crippen molar-refractivity contribution in [1.82, 2.24) is 5.32 Å². The van der Waals surface area contributed by atoms with E-state index in [2.05, 4.69) is 28.4 Å². The number of carboxylic acids is 1. The zero-order valence-corrected chi connectivity index (χ0v) is 11.1. The molecule has 19 heavy (non-hydrogen) atoms. The second-order valence-electron chi connectivity index (χ2n) is 5.45. The number of rotatable bonds is 3. The summed E-state index contributed by atoms with van der Waals surface area (Å²) in [6.45, 7) is 4.19. The van der Waals surface area contributed by atoms with Crippen LogP contribution in [0.15, 0.2) is 18.2 Å². The van der Waals surface area contributed by atoms with Crippen molar-refractivity contribution in [2.24, 2.45) is 0 Å². The molecule has 1 aromatic carbocycles. The number of nitrogens with one attached hydrogen (secondary N) is 1. The van der Waals surface area contributed by atoms with Crippen LogP contribution in [0.5, 0.6) is 0 Å². The van der Waals surface area contributed by atoms with Crippen molar-refractivity contribution in [3.63, 3.8) is 0 Å². The third-order valence-electron chi connectivity index (χ3n) is 4.23. The fourth-order valence-corrected chi connectivity index (χ4v) is 3.23. The first-order valence-corrected chi connectivity index (χ1v) is 7.04. The Morgan fingerprint density at radius 1 is 1.37 bits per heavy atom. The van der Waals surface area contributed by atoms with Crippen LogP contribution in [0.4, 0.5) is 5.69 Å². The van der Waals surface area contributed by atoms with Gasteiger partial charge in [-0.2, -0.15) is 0 Å². The maximum absolute atomic E-state index is 10.9. The summed E-state index contributed by atoms with van der Waals surface area (Å²) in [7, 11) is 0. The predicted octanol–water partition coefficient (Wildman–Crippen LogP) is 1.60. The van der Waals surface area contributed by atoms with E-state index in [0.717, 1.165) is 39.0 Å². The van der Waals surface area contributed by atoms with Gasteiger partial charge >= 0.3 is 5.97 Å². The summed E-state index contributed by atoms with van der Waals surface area (Å²) in [5.41, 5.74) is 3.89. The Hall–Kier alpha value is -1.55. The van der Waals surface area contributed by atoms with E-state index in [9.17, 15) is 4.79 Å². The highest BCUT2D eigenvalue weighted by molar-refractivity contribution is 5.68. The smallest absolute Gasteiger partial charge is 0.303 e. The van der Waals surface area contributed by atoms with Gasteiger partial charge in [0, 0.05) is 31.9 Å². The Morgan fingerprint density at radius 2 is 2.16 bits per heavy atom. The molecule has 1 aromatic rings. The van der Waals surface area contributed by atoms with Crippen molar-refractivity contribution in [2.75, 3.05) is 31.1 Å². The molecule has 0 saturated carbocycles. The molecule has 1 fully saturated rings. The summed E-state index contributed by atoms with van der Waals surface area (Å²) in [6.07, 6.45) is 2.26. The number of benzene rings is 1. The molecule has 0 amide bonds. The molecule has 1 saturated heterocycles. The van der Waals surface area contributed by atoms with Crippen molar-refractivity contribution in [3.8, 4) is 0 Å². The number of carboxylic acid groups (broad SMARTS) is 1. The summed E-state index contributed by atoms with van der Waals surface area (Å²) in [4.78, 5) is 13.3. The highest BCUT2D eigenvalue weighted by Gasteiger charge is 2.25. The lowest BCUT2D eigenvalue weighted by molar-refractivity contribution is -0.137. The van der Waals surface area contributed by atoms with Gasteiger partial charge in [0.2, 0.25) is 0 Å². The number of nitrogens with zero attached hydrogens (tertiary/aromatic N) is 1. The van der Waals surface area contributed by atoms with Gasteiger partial charge in [-0.1, -0.05) is 6.07 Å². The van der Waals surface area contributed by atoms with E-state index in [1.165, 1.54) is 16.8 Å². The normalized spacial score (nSPS) is 22.3. The molecule has 2 aliphatic rings. The van der Waals surface area contributed by atoms with Crippen LogP contribution in [0.25, 0.3) is 0 Å². The molecule has 0 radical (unpaired) electrons. The molecule has 1 aliphatic carbocycles. The lowest BCUT2D eigenvalue weighted by atomic mass is 9.97. The van der Waals surface area contributed by atoms with E-state index < -0.39 is 5.97 Å². The molecule has 1 unspecified atom stereocenters. The lowest BCUT2D eigenvalue weighted by Crippen LogP contribution is -2.43. The number of carbonyl (C=O) groups is 1. The zero-order chi connectivity index (χ0) is 13.2. The number of aliphatic carboxylic acids is 1. The fraction of sp³-hybridized carbons (Fsp3) is 0.533. The first-order chi connectivity index (χ1) is 9.24. The molecule has 1 atom stereocenters. The first-order valence-electron chi connectivity index (χ1n) is 7.04. The molecular weight excluding hydrogens is 240 g/mol. The van der Waals surface area contributed by atoms with Crippen molar-refractivity contribution < 1.29 is 9.90 Å². The van der Waals surface area contributed by atoms with E-state index in [1.807, 2.05) is 0 Å². The molecular formula is C15H20N2O2. The average Bonchev–Trinajstić information content (AvgIpc) is 2.81. The van der Waals surface area contributed by atoms with Gasteiger partial charge in [-0.25, -0.2) is 0 Å². The third-order valence-corrected chi connectivity index (χ3v) is 4.23. The Bertz CT molecular complexity index is 481. The fourth-order valence-electron chi connectivity index (χ4n) is 3.23. The molecule has 0 bridgehead atoms. The van der Waals surface area contributed by atoms with Crippen molar-refractivity contribution >= 4 is 11.7 Å². The van der Waals surface area contributed by atoms with Crippen LogP contribution >= 0.6 is 0 Å². The van der Waals surface area contributed by atoms with Crippen molar-refractivity contribution in [1.29, 1.82) is 0 Å². The van der Waals surface area contributed by atoms with Crippen LogP contribution in [-0.2, 0) is 11.2 Å². The van der Waals surface area contributed by atoms with Gasteiger partial charge in [0.25, 0.3) is 0 Å². The minimum atomic E-state index is -0.691. The molecule has 2 N–H and O–H groups in total. The highest BCUT2D eigenvalue weighted by Crippen LogP contribution is 2.37. The second kappa shape index (κ2) is 5.21. The molecule has 4 heteroatoms. The van der Waals surface area contributed by atoms with E-state index in [0.29, 0.717) is 0 Å². The van der Waals surface area contributed by atoms with Gasteiger partial charge in [0.15, 0.2) is 0 Å². The maximum atomic E-state index is 10.9. The average molecular weight is 260 g/mol. The van der Waals surface area contributed by atoms with Crippen LogP contribution < -0.4 is 10.2 Å². The molecule has 0 aromatic heterocycles. The molecule has 1 heterocycles. The van der Waals surface area contributed by atoms with Crippen LogP contribution in [0.1, 0.15) is 29.9 Å². The second-order valence-corrected chi connectivity index (χ2v) is 5.45. The highest BCUT2D eigenvalue weighted by atomic mass is 16.4. The van der Waals surface area contributed by atoms with Crippen LogP contribution in [0.2, 0.25) is 0 Å². The molecule has 0 spiro atoms. The zero-order valence-electron chi connectivity index (χ0n) is 11.1. The first kappa shape index (κ1) is 12.5. The van der Waals surface area contributed by atoms with Gasteiger partial charge < -0.3 is 15.3 Å². The standard InChI is InChI=1S/C15H20N2O2/c18-15(19)10-12-2-1-11-9-13(3-4-14(11)12)17-7-5-16-6-8-17/h3-4,9,12,16H,1-2,5-8,10H2,(H,18,19). The largest absolute Gasteiger partial charge is 0.481 e. The van der Waals surface area contributed by atoms with Crippen LogP contribution in [0.3, 0.4) is 0 Å². The maximum Gasteiger partial charge on any atom is 0.303 e. The molecule has 4 nitrogen and oxygen atoms in total. The molecule has 102 valence electrons. The van der Waals surface area contributed by atoms with Crippen LogP contribution in [0, 0.1) is 0 Å². The summed E-state index contributed by atoms with van der Waals surface area (Å²) in [5.74, 6) is -0.478. The molecule has 3 rings (SSSR count). The van der Waals surface area contributed by atoms with Crippen molar-refractivity contribution in [3.05, 3.63) is 29.3 Å². The van der Waals surface area contributed by atoms with Gasteiger partial charge in [-0.05, 0) is 42.0 Å². The van der Waals surface area contributed by atoms with E-state index in [4.69, 9.17) is 5.11 Å². The Kier molecular flexibility index (Phi) is 3.42. The minimum Gasteiger partial charge on any atom is -0.481 e. The molecule has 1 aliphatic heterocycles. The summed E-state index contributed by atoms with van der Waals surface area (Å²) >= 11 is 0. The summed E-state index contributed by atoms with van der Waals surface area (Å²) < 4.78 is 0. The van der Waals surface area contributed by atoms with Gasteiger partial charge in [-0.15, -0.1) is 0 Å². The van der Waals surface area contributed by atoms with Gasteiger partial charge in [0.05, 0.1) is 6.42 Å². The van der Waals surface area contributed by atoms with Crippen molar-refractivity contribution in [2.45, 2.75) is 25.2 Å². The van der Waals surface area contributed by atoms with Gasteiger partial charge in [0.1, 0.15) is 0 Å². The Morgan fingerprint density at radius 3 is 2.89 bits per heavy atom. The number of hydrogen-bond donors (Lipinski definition) is 2. The minimum absolute atomic E-state index is 0.213. The Balaban J connectivity index is 1.79. The lowest BCUT2D eigenvalue weighted by Gasteiger charge is -2.30. The monoisotopic (exact) mass is 260 g/mol. The SMILES string of the molecule is O=C(O)CC1CCc2cc(N3CCNCC3)ccc21. The third kappa shape index (κ3) is 2.59. The van der Waals surface area contributed by atoms with Crippen LogP contribution in [-0.4, -0.2) is 37.3 Å². The quantitative estimate of drug-likeness (QED) is 0.867. The van der Waals surface area contributed by atoms with E-state index in [1.54, 1.807) is 0 Å².